The van der Waals surface area contributed by atoms with E-state index in [4.69, 9.17) is 28.3 Å². The maximum Gasteiger partial charge on any atom is 0.237 e. The highest BCUT2D eigenvalue weighted by atomic mass is 35.5. The molecule has 176 valence electrons. The largest absolute Gasteiger partial charge is 0.396 e. The molecule has 0 spiro atoms. The van der Waals surface area contributed by atoms with E-state index in [9.17, 15) is 10.1 Å². The van der Waals surface area contributed by atoms with Crippen molar-refractivity contribution in [1.82, 2.24) is 10.6 Å². The fourth-order valence-corrected chi connectivity index (χ4v) is 5.18. The fourth-order valence-electron chi connectivity index (χ4n) is 4.86. The highest BCUT2D eigenvalue weighted by Crippen LogP contribution is 2.51. The molecule has 7 heteroatoms. The Kier molecular flexibility index (Phi) is 8.08. The van der Waals surface area contributed by atoms with Crippen LogP contribution in [-0.2, 0) is 10.2 Å². The molecule has 1 heterocycles. The quantitative estimate of drug-likeness (QED) is 0.489. The van der Waals surface area contributed by atoms with Crippen LogP contribution in [0.4, 0.5) is 0 Å². The summed E-state index contributed by atoms with van der Waals surface area (Å²) >= 11 is 12.5. The van der Waals surface area contributed by atoms with Crippen molar-refractivity contribution in [2.45, 2.75) is 57.0 Å². The summed E-state index contributed by atoms with van der Waals surface area (Å²) in [5, 5.41) is 27.5. The SMILES string of the molecule is CC(C)(C)C[C@@H]1N[C@@H](C(=O)NCCCO)[C@H](c2cccc(Cl)c2)[C@@]1(C#N)c1ccc(Cl)cc1. The number of nitriles is 1. The van der Waals surface area contributed by atoms with Gasteiger partial charge in [-0.3, -0.25) is 4.79 Å². The smallest absolute Gasteiger partial charge is 0.237 e. The molecule has 0 bridgehead atoms. The van der Waals surface area contributed by atoms with Crippen molar-refractivity contribution >= 4 is 29.1 Å². The van der Waals surface area contributed by atoms with Gasteiger partial charge in [-0.05, 0) is 53.6 Å². The average Bonchev–Trinajstić information content (AvgIpc) is 3.07. The van der Waals surface area contributed by atoms with Crippen molar-refractivity contribution in [2.75, 3.05) is 13.2 Å². The Morgan fingerprint density at radius 1 is 1.18 bits per heavy atom. The number of carbonyl (C=O) groups is 1. The van der Waals surface area contributed by atoms with Gasteiger partial charge in [-0.2, -0.15) is 5.26 Å². The number of rotatable bonds is 7. The van der Waals surface area contributed by atoms with Gasteiger partial charge in [0.25, 0.3) is 0 Å². The lowest BCUT2D eigenvalue weighted by Crippen LogP contribution is -2.45. The van der Waals surface area contributed by atoms with Gasteiger partial charge in [0, 0.05) is 35.2 Å². The van der Waals surface area contributed by atoms with E-state index in [1.807, 2.05) is 30.3 Å². The van der Waals surface area contributed by atoms with Crippen LogP contribution >= 0.6 is 23.2 Å². The van der Waals surface area contributed by atoms with Gasteiger partial charge in [-0.25, -0.2) is 0 Å². The van der Waals surface area contributed by atoms with Crippen LogP contribution in [0.25, 0.3) is 0 Å². The molecule has 0 aromatic heterocycles. The van der Waals surface area contributed by atoms with Gasteiger partial charge in [-0.1, -0.05) is 68.2 Å². The number of aliphatic hydroxyl groups excluding tert-OH is 1. The van der Waals surface area contributed by atoms with E-state index in [0.717, 1.165) is 11.1 Å². The van der Waals surface area contributed by atoms with Crippen LogP contribution < -0.4 is 10.6 Å². The Morgan fingerprint density at radius 2 is 1.88 bits per heavy atom. The van der Waals surface area contributed by atoms with Crippen molar-refractivity contribution in [2.24, 2.45) is 5.41 Å². The summed E-state index contributed by atoms with van der Waals surface area (Å²) in [5.74, 6) is -0.678. The summed E-state index contributed by atoms with van der Waals surface area (Å²) in [7, 11) is 0. The third-order valence-electron chi connectivity index (χ3n) is 6.20. The predicted octanol–water partition coefficient (Wildman–Crippen LogP) is 4.81. The summed E-state index contributed by atoms with van der Waals surface area (Å²) in [5.41, 5.74) is 0.520. The zero-order chi connectivity index (χ0) is 24.2. The predicted molar refractivity (Wildman–Crippen MR) is 132 cm³/mol. The zero-order valence-corrected chi connectivity index (χ0v) is 20.7. The van der Waals surface area contributed by atoms with Gasteiger partial charge in [0.05, 0.1) is 12.1 Å². The number of nitrogens with one attached hydrogen (secondary N) is 2. The Morgan fingerprint density at radius 3 is 2.45 bits per heavy atom. The number of hydrogen-bond donors (Lipinski definition) is 3. The minimum absolute atomic E-state index is 0.00431. The number of benzene rings is 2. The van der Waals surface area contributed by atoms with Crippen LogP contribution in [0.15, 0.2) is 48.5 Å². The number of amides is 1. The fraction of sp³-hybridized carbons (Fsp3) is 0.462. The lowest BCUT2D eigenvalue weighted by Gasteiger charge is -2.37. The molecule has 0 radical (unpaired) electrons. The monoisotopic (exact) mass is 487 g/mol. The second kappa shape index (κ2) is 10.4. The molecule has 2 aromatic rings. The Hall–Kier alpha value is -2.10. The van der Waals surface area contributed by atoms with Crippen LogP contribution in [0.3, 0.4) is 0 Å². The van der Waals surface area contributed by atoms with Crippen molar-refractivity contribution in [1.29, 1.82) is 5.26 Å². The van der Waals surface area contributed by atoms with Crippen molar-refractivity contribution in [3.63, 3.8) is 0 Å². The third-order valence-corrected chi connectivity index (χ3v) is 6.69. The number of hydrogen-bond acceptors (Lipinski definition) is 4. The molecule has 1 aliphatic heterocycles. The lowest BCUT2D eigenvalue weighted by atomic mass is 9.63. The first-order valence-electron chi connectivity index (χ1n) is 11.2. The van der Waals surface area contributed by atoms with E-state index < -0.39 is 17.4 Å². The number of carbonyl (C=O) groups excluding carboxylic acids is 1. The second-order valence-electron chi connectivity index (χ2n) is 9.85. The van der Waals surface area contributed by atoms with Gasteiger partial charge in [0.2, 0.25) is 5.91 Å². The summed E-state index contributed by atoms with van der Waals surface area (Å²) in [6.07, 6.45) is 1.15. The Balaban J connectivity index is 2.20. The van der Waals surface area contributed by atoms with Crippen LogP contribution in [-0.4, -0.2) is 36.2 Å². The molecule has 3 rings (SSSR count). The molecule has 1 saturated heterocycles. The Labute approximate surface area is 206 Å². The first-order chi connectivity index (χ1) is 15.6. The summed E-state index contributed by atoms with van der Waals surface area (Å²) < 4.78 is 0. The van der Waals surface area contributed by atoms with E-state index in [1.165, 1.54) is 0 Å². The molecule has 2 aromatic carbocycles. The van der Waals surface area contributed by atoms with Crippen molar-refractivity contribution in [3.05, 3.63) is 69.7 Å². The van der Waals surface area contributed by atoms with Crippen LogP contribution in [0.2, 0.25) is 10.0 Å². The second-order valence-corrected chi connectivity index (χ2v) is 10.7. The molecule has 0 unspecified atom stereocenters. The van der Waals surface area contributed by atoms with Crippen LogP contribution in [0.1, 0.15) is 50.7 Å². The lowest BCUT2D eigenvalue weighted by molar-refractivity contribution is -0.123. The number of aliphatic hydroxyl groups is 1. The highest BCUT2D eigenvalue weighted by molar-refractivity contribution is 6.30. The molecule has 1 fully saturated rings. The van der Waals surface area contributed by atoms with Crippen molar-refractivity contribution < 1.29 is 9.90 Å². The minimum Gasteiger partial charge on any atom is -0.396 e. The maximum atomic E-state index is 13.4. The third kappa shape index (κ3) is 5.53. The first-order valence-corrected chi connectivity index (χ1v) is 12.0. The summed E-state index contributed by atoms with van der Waals surface area (Å²) in [4.78, 5) is 13.4. The first kappa shape index (κ1) is 25.5. The highest BCUT2D eigenvalue weighted by Gasteiger charge is 2.59. The molecule has 1 aliphatic rings. The molecule has 1 amide bonds. The standard InChI is InChI=1S/C26H31Cl2N3O2/c1-25(2,3)15-21-26(16-29,18-8-10-19(27)11-9-18)22(17-6-4-7-20(28)14-17)23(31-21)24(33)30-12-5-13-32/h4,6-11,14,21-23,31-32H,5,12-13,15H2,1-3H3,(H,30,33)/t21-,22-,23+,26-/m0/s1. The topological polar surface area (TPSA) is 85.2 Å². The van der Waals surface area contributed by atoms with E-state index >= 15 is 0 Å². The maximum absolute atomic E-state index is 13.4. The number of nitrogens with zero attached hydrogens (tertiary/aromatic N) is 1. The molecule has 4 atom stereocenters. The van der Waals surface area contributed by atoms with E-state index in [0.29, 0.717) is 29.4 Å². The van der Waals surface area contributed by atoms with E-state index in [-0.39, 0.29) is 24.0 Å². The molecule has 33 heavy (non-hydrogen) atoms. The zero-order valence-electron chi connectivity index (χ0n) is 19.2. The summed E-state index contributed by atoms with van der Waals surface area (Å²) in [6.45, 7) is 6.74. The molecule has 0 aliphatic carbocycles. The molecule has 5 nitrogen and oxygen atoms in total. The van der Waals surface area contributed by atoms with Crippen molar-refractivity contribution in [3.8, 4) is 6.07 Å². The molecular formula is C26H31Cl2N3O2. The van der Waals surface area contributed by atoms with Crippen LogP contribution in [0.5, 0.6) is 0 Å². The normalized spacial score (nSPS) is 24.9. The molecule has 3 N–H and O–H groups in total. The van der Waals surface area contributed by atoms with Gasteiger partial charge < -0.3 is 15.7 Å². The van der Waals surface area contributed by atoms with E-state index in [1.54, 1.807) is 18.2 Å². The minimum atomic E-state index is -1.03. The van der Waals surface area contributed by atoms with Gasteiger partial charge >= 0.3 is 0 Å². The number of halogens is 2. The molecular weight excluding hydrogens is 457 g/mol. The Bertz CT molecular complexity index is 1010. The average molecular weight is 488 g/mol. The van der Waals surface area contributed by atoms with Crippen LogP contribution in [0, 0.1) is 16.7 Å². The summed E-state index contributed by atoms with van der Waals surface area (Å²) in [6, 6.07) is 16.4. The van der Waals surface area contributed by atoms with E-state index in [2.05, 4.69) is 37.5 Å². The molecule has 0 saturated carbocycles. The van der Waals surface area contributed by atoms with Gasteiger partial charge in [0.15, 0.2) is 0 Å². The van der Waals surface area contributed by atoms with Gasteiger partial charge in [-0.15, -0.1) is 0 Å². The van der Waals surface area contributed by atoms with Gasteiger partial charge in [0.1, 0.15) is 5.41 Å².